The number of hydrogen-bond acceptors (Lipinski definition) is 4. The quantitative estimate of drug-likeness (QED) is 0.738. The Morgan fingerprint density at radius 1 is 1.24 bits per heavy atom. The lowest BCUT2D eigenvalue weighted by Crippen LogP contribution is -2.26. The summed E-state index contributed by atoms with van der Waals surface area (Å²) in [6.45, 7) is 1.94. The lowest BCUT2D eigenvalue weighted by molar-refractivity contribution is 0.0721. The molecule has 1 atom stereocenters. The van der Waals surface area contributed by atoms with Crippen LogP contribution < -0.4 is 9.47 Å². The lowest BCUT2D eigenvalue weighted by atomic mass is 10.1. The van der Waals surface area contributed by atoms with E-state index in [9.17, 15) is 9.18 Å². The molecule has 1 aromatic heterocycles. The van der Waals surface area contributed by atoms with E-state index in [0.717, 1.165) is 5.56 Å². The molecular formula is C17H15Cl2FN2O3. The van der Waals surface area contributed by atoms with Gasteiger partial charge in [0.1, 0.15) is 16.7 Å². The van der Waals surface area contributed by atoms with Crippen LogP contribution in [0, 0.1) is 5.82 Å². The molecule has 1 aromatic carbocycles. The van der Waals surface area contributed by atoms with Crippen molar-refractivity contribution in [3.63, 3.8) is 0 Å². The average Bonchev–Trinajstić information content (AvgIpc) is 2.85. The van der Waals surface area contributed by atoms with Crippen molar-refractivity contribution in [3.8, 4) is 11.5 Å². The highest BCUT2D eigenvalue weighted by atomic mass is 35.5. The van der Waals surface area contributed by atoms with Gasteiger partial charge in [-0.3, -0.25) is 4.79 Å². The Kier molecular flexibility index (Phi) is 4.75. The number of rotatable bonds is 4. The third-order valence-electron chi connectivity index (χ3n) is 4.28. The lowest BCUT2D eigenvalue weighted by Gasteiger charge is -2.23. The molecule has 25 heavy (non-hydrogen) atoms. The molecule has 0 fully saturated rings. The van der Waals surface area contributed by atoms with Crippen LogP contribution in [0.1, 0.15) is 34.5 Å². The van der Waals surface area contributed by atoms with Crippen molar-refractivity contribution in [2.75, 3.05) is 14.2 Å². The molecule has 0 aliphatic carbocycles. The van der Waals surface area contributed by atoms with Gasteiger partial charge in [-0.1, -0.05) is 23.2 Å². The highest BCUT2D eigenvalue weighted by molar-refractivity contribution is 6.35. The predicted octanol–water partition coefficient (Wildman–Crippen LogP) is 4.26. The second-order valence-corrected chi connectivity index (χ2v) is 6.30. The Labute approximate surface area is 154 Å². The number of fused-ring (bicyclic) bond motifs is 1. The average molecular weight is 385 g/mol. The van der Waals surface area contributed by atoms with Gasteiger partial charge in [-0.25, -0.2) is 9.37 Å². The molecule has 1 amide bonds. The van der Waals surface area contributed by atoms with Crippen LogP contribution in [-0.2, 0) is 6.54 Å². The molecule has 0 saturated heterocycles. The van der Waals surface area contributed by atoms with Gasteiger partial charge in [-0.2, -0.15) is 0 Å². The van der Waals surface area contributed by atoms with Crippen molar-refractivity contribution in [1.82, 2.24) is 9.88 Å². The van der Waals surface area contributed by atoms with Gasteiger partial charge in [0.2, 0.25) is 0 Å². The summed E-state index contributed by atoms with van der Waals surface area (Å²) >= 11 is 11.8. The maximum atomic E-state index is 14.4. The van der Waals surface area contributed by atoms with Gasteiger partial charge < -0.3 is 14.4 Å². The molecule has 3 rings (SSSR count). The first kappa shape index (κ1) is 17.8. The van der Waals surface area contributed by atoms with Crippen molar-refractivity contribution in [2.24, 2.45) is 0 Å². The number of nitrogens with zero attached hydrogens (tertiary/aromatic N) is 2. The van der Waals surface area contributed by atoms with Crippen molar-refractivity contribution in [3.05, 3.63) is 51.0 Å². The minimum absolute atomic E-state index is 0.0588. The molecule has 0 bridgehead atoms. The summed E-state index contributed by atoms with van der Waals surface area (Å²) in [5.74, 6) is 0.0901. The second-order valence-electron chi connectivity index (χ2n) is 5.58. The van der Waals surface area contributed by atoms with Gasteiger partial charge >= 0.3 is 0 Å². The van der Waals surface area contributed by atoms with E-state index in [4.69, 9.17) is 32.7 Å². The van der Waals surface area contributed by atoms with E-state index in [1.54, 1.807) is 32.2 Å². The SMILES string of the molecule is COc1ccc(CN2C(=O)c3c(Cl)nc(Cl)c(F)c3C2C)c(OC)c1. The number of halogens is 3. The van der Waals surface area contributed by atoms with Crippen molar-refractivity contribution in [1.29, 1.82) is 0 Å². The monoisotopic (exact) mass is 384 g/mol. The molecule has 132 valence electrons. The molecule has 1 unspecified atom stereocenters. The maximum absolute atomic E-state index is 14.4. The third-order valence-corrected chi connectivity index (χ3v) is 4.81. The molecule has 0 N–H and O–H groups in total. The van der Waals surface area contributed by atoms with E-state index in [0.29, 0.717) is 11.5 Å². The summed E-state index contributed by atoms with van der Waals surface area (Å²) in [4.78, 5) is 17.9. The second kappa shape index (κ2) is 6.69. The first-order valence-electron chi connectivity index (χ1n) is 7.45. The zero-order chi connectivity index (χ0) is 18.3. The van der Waals surface area contributed by atoms with E-state index in [1.807, 2.05) is 0 Å². The van der Waals surface area contributed by atoms with Crippen LogP contribution in [0.25, 0.3) is 0 Å². The summed E-state index contributed by atoms with van der Waals surface area (Å²) in [5.41, 5.74) is 0.984. The summed E-state index contributed by atoms with van der Waals surface area (Å²) in [5, 5.41) is -0.435. The van der Waals surface area contributed by atoms with Crippen LogP contribution in [-0.4, -0.2) is 30.0 Å². The normalized spacial score (nSPS) is 16.2. The minimum atomic E-state index is -0.717. The summed E-state index contributed by atoms with van der Waals surface area (Å²) in [6, 6.07) is 4.75. The Balaban J connectivity index is 2.00. The highest BCUT2D eigenvalue weighted by Gasteiger charge is 2.40. The fraction of sp³-hybridized carbons (Fsp3) is 0.294. The first-order valence-corrected chi connectivity index (χ1v) is 8.20. The predicted molar refractivity (Wildman–Crippen MR) is 92.0 cm³/mol. The van der Waals surface area contributed by atoms with E-state index < -0.39 is 17.8 Å². The zero-order valence-corrected chi connectivity index (χ0v) is 15.3. The standard InChI is InChI=1S/C17H15Cl2FN2O3/c1-8-12-13(15(18)21-16(19)14(12)20)17(23)22(8)7-9-4-5-10(24-2)6-11(9)25-3/h4-6,8H,7H2,1-3H3. The van der Waals surface area contributed by atoms with Crippen molar-refractivity contribution in [2.45, 2.75) is 19.5 Å². The topological polar surface area (TPSA) is 51.7 Å². The molecule has 2 aromatic rings. The van der Waals surface area contributed by atoms with Gasteiger partial charge in [0.15, 0.2) is 11.0 Å². The maximum Gasteiger partial charge on any atom is 0.258 e. The molecule has 2 heterocycles. The number of aromatic nitrogens is 1. The Hall–Kier alpha value is -2.05. The summed E-state index contributed by atoms with van der Waals surface area (Å²) in [7, 11) is 3.08. The number of methoxy groups -OCH3 is 2. The van der Waals surface area contributed by atoms with Crippen molar-refractivity contribution < 1.29 is 18.7 Å². The molecule has 1 aliphatic heterocycles. The smallest absolute Gasteiger partial charge is 0.258 e. The van der Waals surface area contributed by atoms with Crippen LogP contribution >= 0.6 is 23.2 Å². The largest absolute Gasteiger partial charge is 0.497 e. The molecule has 5 nitrogen and oxygen atoms in total. The molecular weight excluding hydrogens is 370 g/mol. The molecule has 1 aliphatic rings. The van der Waals surface area contributed by atoms with Gasteiger partial charge in [-0.15, -0.1) is 0 Å². The molecule has 0 radical (unpaired) electrons. The van der Waals surface area contributed by atoms with Crippen LogP contribution in [0.5, 0.6) is 11.5 Å². The number of carbonyl (C=O) groups is 1. The van der Waals surface area contributed by atoms with Crippen LogP contribution in [0.2, 0.25) is 10.3 Å². The molecule has 0 spiro atoms. The van der Waals surface area contributed by atoms with E-state index in [-0.39, 0.29) is 28.0 Å². The Morgan fingerprint density at radius 3 is 2.60 bits per heavy atom. The number of carbonyl (C=O) groups excluding carboxylic acids is 1. The first-order chi connectivity index (χ1) is 11.9. The number of amides is 1. The minimum Gasteiger partial charge on any atom is -0.497 e. The summed E-state index contributed by atoms with van der Waals surface area (Å²) in [6.07, 6.45) is 0. The molecule has 8 heteroatoms. The van der Waals surface area contributed by atoms with Crippen LogP contribution in [0.4, 0.5) is 4.39 Å². The zero-order valence-electron chi connectivity index (χ0n) is 13.8. The third kappa shape index (κ3) is 2.89. The van der Waals surface area contributed by atoms with E-state index in [2.05, 4.69) is 4.98 Å². The molecule has 0 saturated carbocycles. The van der Waals surface area contributed by atoms with Gasteiger partial charge in [0, 0.05) is 17.2 Å². The fourth-order valence-electron chi connectivity index (χ4n) is 2.97. The van der Waals surface area contributed by atoms with Gasteiger partial charge in [0.05, 0.1) is 32.4 Å². The summed E-state index contributed by atoms with van der Waals surface area (Å²) < 4.78 is 24.9. The van der Waals surface area contributed by atoms with E-state index in [1.165, 1.54) is 12.0 Å². The number of ether oxygens (including phenoxy) is 2. The Bertz CT molecular complexity index is 860. The number of benzene rings is 1. The van der Waals surface area contributed by atoms with Crippen LogP contribution in [0.3, 0.4) is 0 Å². The van der Waals surface area contributed by atoms with E-state index >= 15 is 0 Å². The van der Waals surface area contributed by atoms with Crippen molar-refractivity contribution >= 4 is 29.1 Å². The Morgan fingerprint density at radius 2 is 1.96 bits per heavy atom. The highest BCUT2D eigenvalue weighted by Crippen LogP contribution is 2.41. The van der Waals surface area contributed by atoms with Gasteiger partial charge in [0.25, 0.3) is 5.91 Å². The van der Waals surface area contributed by atoms with Crippen LogP contribution in [0.15, 0.2) is 18.2 Å². The number of pyridine rings is 1. The number of hydrogen-bond donors (Lipinski definition) is 0. The fourth-order valence-corrected chi connectivity index (χ4v) is 3.47. The van der Waals surface area contributed by atoms with Gasteiger partial charge in [-0.05, 0) is 19.1 Å².